The first kappa shape index (κ1) is 28.0. The van der Waals surface area contributed by atoms with Crippen molar-refractivity contribution >= 4 is 41.5 Å². The minimum Gasteiger partial charge on any atom is -0.294 e. The molecule has 15 heteroatoms. The Morgan fingerprint density at radius 3 is 1.74 bits per heavy atom. The van der Waals surface area contributed by atoms with Crippen LogP contribution in [0.2, 0.25) is 0 Å². The average molecular weight is 486 g/mol. The zero-order chi connectivity index (χ0) is 26.2. The molecular weight excluding hydrogens is 464 g/mol. The highest BCUT2D eigenvalue weighted by molar-refractivity contribution is 5.85. The lowest BCUT2D eigenvalue weighted by molar-refractivity contribution is -0.385. The average Bonchev–Trinajstić information content (AvgIpc) is 2.83. The maximum absolute atomic E-state index is 11.3. The van der Waals surface area contributed by atoms with Gasteiger partial charge in [-0.3, -0.25) is 40.0 Å². The summed E-state index contributed by atoms with van der Waals surface area (Å²) in [7, 11) is 0. The molecule has 184 valence electrons. The Kier molecular flexibility index (Phi) is 11.9. The van der Waals surface area contributed by atoms with Gasteiger partial charge in [0.2, 0.25) is 17.7 Å². The van der Waals surface area contributed by atoms with Gasteiger partial charge >= 0.3 is 0 Å². The predicted octanol–water partition coefficient (Wildman–Crippen LogP) is 0.880. The molecule has 0 saturated heterocycles. The second kappa shape index (κ2) is 14.9. The van der Waals surface area contributed by atoms with Crippen molar-refractivity contribution in [3.05, 3.63) is 79.9 Å². The van der Waals surface area contributed by atoms with Crippen molar-refractivity contribution in [2.45, 2.75) is 19.8 Å². The summed E-state index contributed by atoms with van der Waals surface area (Å²) in [6.07, 6.45) is 2.51. The Labute approximate surface area is 198 Å². The van der Waals surface area contributed by atoms with E-state index >= 15 is 0 Å². The molecule has 0 aliphatic rings. The second-order valence-electron chi connectivity index (χ2n) is 6.49. The van der Waals surface area contributed by atoms with Crippen LogP contribution >= 0.6 is 0 Å². The number of hydrogen-bond donors (Lipinski definition) is 4. The van der Waals surface area contributed by atoms with Crippen LogP contribution in [0.3, 0.4) is 0 Å². The van der Waals surface area contributed by atoms with Crippen LogP contribution in [0.5, 0.6) is 0 Å². The maximum atomic E-state index is 11.3. The van der Waals surface area contributed by atoms with Crippen LogP contribution in [0.25, 0.3) is 0 Å². The van der Waals surface area contributed by atoms with Crippen molar-refractivity contribution < 1.29 is 24.2 Å². The first-order valence-corrected chi connectivity index (χ1v) is 9.72. The van der Waals surface area contributed by atoms with Crippen LogP contribution in [-0.2, 0) is 14.4 Å². The van der Waals surface area contributed by atoms with Crippen LogP contribution in [0.1, 0.15) is 30.9 Å². The van der Waals surface area contributed by atoms with Gasteiger partial charge in [-0.2, -0.15) is 10.2 Å². The molecular formula is C20H22N8O7. The second-order valence-corrected chi connectivity index (χ2v) is 6.49. The maximum Gasteiger partial charge on any atom is 0.270 e. The van der Waals surface area contributed by atoms with Crippen molar-refractivity contribution in [1.29, 1.82) is 0 Å². The molecule has 0 bridgehead atoms. The smallest absolute Gasteiger partial charge is 0.270 e. The molecule has 2 rings (SSSR count). The Morgan fingerprint density at radius 1 is 0.857 bits per heavy atom. The fourth-order valence-corrected chi connectivity index (χ4v) is 2.17. The number of benzene rings is 2. The van der Waals surface area contributed by atoms with Gasteiger partial charge in [0, 0.05) is 55.2 Å². The fourth-order valence-electron chi connectivity index (χ4n) is 2.17. The number of carbonyl (C=O) groups is 3. The first-order valence-electron chi connectivity index (χ1n) is 9.72. The Balaban J connectivity index is 0.000000365. The minimum absolute atomic E-state index is 0.0122. The number of nitrogens with zero attached hydrogens (tertiary/aromatic N) is 4. The molecule has 0 saturated carbocycles. The van der Waals surface area contributed by atoms with Crippen molar-refractivity contribution in [3.63, 3.8) is 0 Å². The number of nitrogens with two attached hydrogens (primary N) is 1. The van der Waals surface area contributed by atoms with E-state index in [2.05, 4.69) is 21.1 Å². The summed E-state index contributed by atoms with van der Waals surface area (Å²) in [4.78, 5) is 52.5. The highest BCUT2D eigenvalue weighted by atomic mass is 16.6. The summed E-state index contributed by atoms with van der Waals surface area (Å²) in [6, 6.07) is 11.7. The molecule has 2 aromatic carbocycles. The van der Waals surface area contributed by atoms with Gasteiger partial charge in [-0.1, -0.05) is 24.3 Å². The first-order chi connectivity index (χ1) is 16.6. The number of non-ortho nitro benzene ring substituents is 2. The molecule has 35 heavy (non-hydrogen) atoms. The number of hydrogen-bond acceptors (Lipinski definition) is 10. The van der Waals surface area contributed by atoms with Crippen molar-refractivity contribution in [2.24, 2.45) is 16.0 Å². The Bertz CT molecular complexity index is 1130. The van der Waals surface area contributed by atoms with Gasteiger partial charge in [0.1, 0.15) is 0 Å². The molecule has 0 aliphatic carbocycles. The summed E-state index contributed by atoms with van der Waals surface area (Å²) in [5.41, 5.74) is 7.24. The molecule has 0 fully saturated rings. The standard InChI is InChI=1S/C11H13N5O4.C9H9N3O3/c12-14-10(17)4-5-11(18)15-13-7-8-2-1-3-9(6-8)16(19)20;1-7(13)11-10-6-8-3-2-4-9(5-8)12(14)15/h1-3,6-7H,4-5,12H2,(H,14,17)(H,15,18);2-6H,1H3,(H,11,13)/b13-7+;10-6+. The van der Waals surface area contributed by atoms with E-state index in [0.717, 1.165) is 0 Å². The lowest BCUT2D eigenvalue weighted by atomic mass is 10.2. The van der Waals surface area contributed by atoms with Crippen molar-refractivity contribution in [2.75, 3.05) is 0 Å². The quantitative estimate of drug-likeness (QED) is 0.130. The van der Waals surface area contributed by atoms with Crippen LogP contribution in [0, 0.1) is 20.2 Å². The normalized spacial score (nSPS) is 10.2. The van der Waals surface area contributed by atoms with E-state index in [-0.39, 0.29) is 30.1 Å². The van der Waals surface area contributed by atoms with E-state index in [0.29, 0.717) is 11.1 Å². The van der Waals surface area contributed by atoms with E-state index < -0.39 is 21.7 Å². The van der Waals surface area contributed by atoms with Crippen molar-refractivity contribution in [1.82, 2.24) is 16.3 Å². The lowest BCUT2D eigenvalue weighted by Crippen LogP contribution is -2.31. The van der Waals surface area contributed by atoms with Crippen LogP contribution in [-0.4, -0.2) is 40.0 Å². The number of amides is 3. The van der Waals surface area contributed by atoms with E-state index in [1.165, 1.54) is 49.7 Å². The number of rotatable bonds is 9. The number of hydrazine groups is 1. The van der Waals surface area contributed by atoms with Gasteiger partial charge in [0.25, 0.3) is 11.4 Å². The molecule has 0 heterocycles. The van der Waals surface area contributed by atoms with Crippen molar-refractivity contribution in [3.8, 4) is 0 Å². The molecule has 0 atom stereocenters. The molecule has 0 aliphatic heterocycles. The van der Waals surface area contributed by atoms with E-state index in [1.807, 2.05) is 5.43 Å². The summed E-state index contributed by atoms with van der Waals surface area (Å²) in [6.45, 7) is 1.32. The van der Waals surface area contributed by atoms with E-state index in [9.17, 15) is 34.6 Å². The third kappa shape index (κ3) is 11.9. The molecule has 15 nitrogen and oxygen atoms in total. The molecule has 0 unspecified atom stereocenters. The highest BCUT2D eigenvalue weighted by Crippen LogP contribution is 2.12. The number of nitro groups is 2. The lowest BCUT2D eigenvalue weighted by Gasteiger charge is -1.99. The summed E-state index contributed by atoms with van der Waals surface area (Å²) in [5, 5.41) is 28.2. The Hall–Kier alpha value is -5.05. The van der Waals surface area contributed by atoms with Gasteiger partial charge in [-0.05, 0) is 0 Å². The number of nitro benzene ring substituents is 2. The largest absolute Gasteiger partial charge is 0.294 e. The highest BCUT2D eigenvalue weighted by Gasteiger charge is 2.06. The SMILES string of the molecule is CC(=O)N/N=C/c1cccc([N+](=O)[O-])c1.NNC(=O)CCC(=O)N/N=C/c1cccc([N+](=O)[O-])c1. The van der Waals surface area contributed by atoms with Gasteiger partial charge < -0.3 is 0 Å². The number of hydrazone groups is 2. The predicted molar refractivity (Wildman–Crippen MR) is 125 cm³/mol. The molecule has 0 radical (unpaired) electrons. The number of nitrogens with one attached hydrogen (secondary N) is 3. The van der Waals surface area contributed by atoms with Crippen LogP contribution in [0.4, 0.5) is 11.4 Å². The summed E-state index contributed by atoms with van der Waals surface area (Å²) < 4.78 is 0. The van der Waals surface area contributed by atoms with Gasteiger partial charge in [-0.25, -0.2) is 16.7 Å². The van der Waals surface area contributed by atoms with Crippen LogP contribution in [0.15, 0.2) is 58.7 Å². The zero-order valence-corrected chi connectivity index (χ0v) is 18.4. The molecule has 3 amide bonds. The molecule has 2 aromatic rings. The summed E-state index contributed by atoms with van der Waals surface area (Å²) >= 11 is 0. The van der Waals surface area contributed by atoms with Gasteiger partial charge in [0.15, 0.2) is 0 Å². The van der Waals surface area contributed by atoms with Crippen LogP contribution < -0.4 is 22.1 Å². The van der Waals surface area contributed by atoms with Gasteiger partial charge in [0.05, 0.1) is 22.3 Å². The monoisotopic (exact) mass is 486 g/mol. The Morgan fingerprint density at radius 2 is 1.31 bits per heavy atom. The third-order valence-electron chi connectivity index (χ3n) is 3.74. The molecule has 0 spiro atoms. The van der Waals surface area contributed by atoms with E-state index in [4.69, 9.17) is 5.84 Å². The third-order valence-corrected chi connectivity index (χ3v) is 3.74. The topological polar surface area (TPSA) is 224 Å². The zero-order valence-electron chi connectivity index (χ0n) is 18.4. The number of carbonyl (C=O) groups excluding carboxylic acids is 3. The minimum atomic E-state index is -0.526. The van der Waals surface area contributed by atoms with E-state index in [1.54, 1.807) is 18.2 Å². The van der Waals surface area contributed by atoms with Gasteiger partial charge in [-0.15, -0.1) is 0 Å². The molecule has 5 N–H and O–H groups in total. The summed E-state index contributed by atoms with van der Waals surface area (Å²) in [5.74, 6) is 3.64. The molecule has 0 aromatic heterocycles. The fraction of sp³-hybridized carbons (Fsp3) is 0.150.